The Balaban J connectivity index is 2.19. The molecule has 1 heterocycles. The van der Waals surface area contributed by atoms with E-state index in [9.17, 15) is 14.9 Å². The smallest absolute Gasteiger partial charge is 0.328 e. The van der Waals surface area contributed by atoms with Gasteiger partial charge in [0.15, 0.2) is 0 Å². The Hall–Kier alpha value is -2.80. The average molecular weight is 302 g/mol. The molecule has 0 saturated carbocycles. The van der Waals surface area contributed by atoms with Gasteiger partial charge in [0.25, 0.3) is 5.69 Å². The van der Waals surface area contributed by atoms with Crippen molar-refractivity contribution in [3.05, 3.63) is 62.1 Å². The van der Waals surface area contributed by atoms with E-state index in [1.807, 2.05) is 0 Å². The van der Waals surface area contributed by atoms with Gasteiger partial charge in [-0.15, -0.1) is 11.3 Å². The van der Waals surface area contributed by atoms with Gasteiger partial charge < -0.3 is 5.11 Å². The van der Waals surface area contributed by atoms with Crippen LogP contribution >= 0.6 is 11.3 Å². The Morgan fingerprint density at radius 3 is 2.76 bits per heavy atom. The van der Waals surface area contributed by atoms with E-state index in [-0.39, 0.29) is 5.69 Å². The van der Waals surface area contributed by atoms with Crippen LogP contribution in [0.3, 0.4) is 0 Å². The van der Waals surface area contributed by atoms with Crippen LogP contribution in [0.1, 0.15) is 16.3 Å². The number of para-hydroxylation sites is 1. The zero-order valence-corrected chi connectivity index (χ0v) is 11.5. The quantitative estimate of drug-likeness (QED) is 0.519. The Kier molecular flexibility index (Phi) is 4.57. The van der Waals surface area contributed by atoms with Crippen LogP contribution in [0.5, 0.6) is 0 Å². The first-order chi connectivity index (χ1) is 10.1. The molecular weight excluding hydrogens is 292 g/mol. The highest BCUT2D eigenvalue weighted by Gasteiger charge is 2.09. The summed E-state index contributed by atoms with van der Waals surface area (Å²) in [7, 11) is 0. The summed E-state index contributed by atoms with van der Waals surface area (Å²) >= 11 is 1.32. The molecule has 1 N–H and O–H groups in total. The summed E-state index contributed by atoms with van der Waals surface area (Å²) in [5.41, 5.74) is 1.04. The van der Waals surface area contributed by atoms with Crippen molar-refractivity contribution in [2.45, 2.75) is 0 Å². The molecule has 21 heavy (non-hydrogen) atoms. The summed E-state index contributed by atoms with van der Waals surface area (Å²) in [6, 6.07) is 6.40. The number of hydrogen-bond donors (Lipinski definition) is 1. The van der Waals surface area contributed by atoms with Gasteiger partial charge in [-0.2, -0.15) is 0 Å². The average Bonchev–Trinajstić information content (AvgIpc) is 2.91. The SMILES string of the molecule is O=C(O)C=Cc1csc(C=Cc2ccccc2[N+](=O)[O-])n1. The molecule has 0 bridgehead atoms. The van der Waals surface area contributed by atoms with Gasteiger partial charge >= 0.3 is 5.97 Å². The Morgan fingerprint density at radius 1 is 1.29 bits per heavy atom. The molecule has 2 rings (SSSR count). The normalized spacial score (nSPS) is 11.2. The van der Waals surface area contributed by atoms with E-state index < -0.39 is 10.9 Å². The molecular formula is C14H10N2O4S. The van der Waals surface area contributed by atoms with Crippen LogP contribution in [0.4, 0.5) is 5.69 Å². The molecule has 0 saturated heterocycles. The topological polar surface area (TPSA) is 93.3 Å². The monoisotopic (exact) mass is 302 g/mol. The summed E-state index contributed by atoms with van der Waals surface area (Å²) in [5.74, 6) is -1.04. The molecule has 0 aliphatic heterocycles. The Labute approximate surface area is 123 Å². The molecule has 0 unspecified atom stereocenters. The maximum Gasteiger partial charge on any atom is 0.328 e. The van der Waals surface area contributed by atoms with E-state index in [2.05, 4.69) is 4.98 Å². The van der Waals surface area contributed by atoms with Crippen molar-refractivity contribution >= 4 is 41.2 Å². The lowest BCUT2D eigenvalue weighted by atomic mass is 10.1. The van der Waals surface area contributed by atoms with Crippen molar-refractivity contribution in [1.29, 1.82) is 0 Å². The van der Waals surface area contributed by atoms with Crippen molar-refractivity contribution in [3.63, 3.8) is 0 Å². The van der Waals surface area contributed by atoms with Crippen molar-refractivity contribution in [2.75, 3.05) is 0 Å². The number of rotatable bonds is 5. The van der Waals surface area contributed by atoms with Gasteiger partial charge in [-0.05, 0) is 24.3 Å². The first kappa shape index (κ1) is 14.6. The molecule has 0 aliphatic carbocycles. The second kappa shape index (κ2) is 6.58. The third kappa shape index (κ3) is 4.08. The van der Waals surface area contributed by atoms with Crippen LogP contribution in [-0.4, -0.2) is 21.0 Å². The molecule has 1 aromatic heterocycles. The first-order valence-electron chi connectivity index (χ1n) is 5.84. The number of carbonyl (C=O) groups is 1. The molecule has 2 aromatic rings. The lowest BCUT2D eigenvalue weighted by Gasteiger charge is -1.95. The van der Waals surface area contributed by atoms with Crippen molar-refractivity contribution in [2.24, 2.45) is 0 Å². The summed E-state index contributed by atoms with van der Waals surface area (Å²) in [6.07, 6.45) is 5.67. The lowest BCUT2D eigenvalue weighted by molar-refractivity contribution is -0.385. The Bertz CT molecular complexity index is 734. The number of carboxylic acid groups (broad SMARTS) is 1. The maximum atomic E-state index is 10.9. The van der Waals surface area contributed by atoms with Crippen LogP contribution < -0.4 is 0 Å². The number of hydrogen-bond acceptors (Lipinski definition) is 5. The highest BCUT2D eigenvalue weighted by molar-refractivity contribution is 7.10. The standard InChI is InChI=1S/C14H10N2O4S/c17-14(18)8-6-11-9-21-13(15-11)7-5-10-3-1-2-4-12(10)16(19)20/h1-9H,(H,17,18). The highest BCUT2D eigenvalue weighted by atomic mass is 32.1. The lowest BCUT2D eigenvalue weighted by Crippen LogP contribution is -1.90. The highest BCUT2D eigenvalue weighted by Crippen LogP contribution is 2.21. The van der Waals surface area contributed by atoms with Gasteiger partial charge in [0, 0.05) is 17.5 Å². The molecule has 0 aliphatic rings. The number of carboxylic acids is 1. The minimum Gasteiger partial charge on any atom is -0.478 e. The van der Waals surface area contributed by atoms with Crippen LogP contribution in [-0.2, 0) is 4.79 Å². The number of benzene rings is 1. The van der Waals surface area contributed by atoms with Gasteiger partial charge in [0.2, 0.25) is 0 Å². The van der Waals surface area contributed by atoms with Gasteiger partial charge in [-0.25, -0.2) is 9.78 Å². The molecule has 0 spiro atoms. The number of aliphatic carboxylic acids is 1. The number of thiazole rings is 1. The fourth-order valence-corrected chi connectivity index (χ4v) is 2.24. The Morgan fingerprint density at radius 2 is 2.05 bits per heavy atom. The van der Waals surface area contributed by atoms with E-state index in [1.165, 1.54) is 23.5 Å². The van der Waals surface area contributed by atoms with Crippen molar-refractivity contribution in [1.82, 2.24) is 4.98 Å². The van der Waals surface area contributed by atoms with Crippen molar-refractivity contribution < 1.29 is 14.8 Å². The first-order valence-corrected chi connectivity index (χ1v) is 6.72. The fraction of sp³-hybridized carbons (Fsp3) is 0. The van der Waals surface area contributed by atoms with Gasteiger partial charge in [0.05, 0.1) is 16.2 Å². The van der Waals surface area contributed by atoms with E-state index in [0.717, 1.165) is 6.08 Å². The van der Waals surface area contributed by atoms with Gasteiger partial charge in [-0.3, -0.25) is 10.1 Å². The second-order valence-electron chi connectivity index (χ2n) is 3.93. The van der Waals surface area contributed by atoms with E-state index in [0.29, 0.717) is 16.3 Å². The summed E-state index contributed by atoms with van der Waals surface area (Å²) in [4.78, 5) is 25.0. The summed E-state index contributed by atoms with van der Waals surface area (Å²) in [5, 5.41) is 21.8. The predicted molar refractivity (Wildman–Crippen MR) is 80.8 cm³/mol. The van der Waals surface area contributed by atoms with Gasteiger partial charge in [-0.1, -0.05) is 12.1 Å². The molecule has 0 atom stereocenters. The summed E-state index contributed by atoms with van der Waals surface area (Å²) in [6.45, 7) is 0. The third-order valence-electron chi connectivity index (χ3n) is 2.48. The molecule has 0 radical (unpaired) electrons. The molecule has 7 heteroatoms. The zero-order chi connectivity index (χ0) is 15.2. The number of nitro benzene ring substituents is 1. The second-order valence-corrected chi connectivity index (χ2v) is 4.82. The molecule has 106 valence electrons. The van der Waals surface area contributed by atoms with Crippen LogP contribution in [0, 0.1) is 10.1 Å². The third-order valence-corrected chi connectivity index (χ3v) is 3.30. The number of nitrogens with zero attached hydrogens (tertiary/aromatic N) is 2. The molecule has 6 nitrogen and oxygen atoms in total. The fourth-order valence-electron chi connectivity index (χ4n) is 1.57. The molecule has 0 amide bonds. The van der Waals surface area contributed by atoms with Crippen molar-refractivity contribution in [3.8, 4) is 0 Å². The zero-order valence-electron chi connectivity index (χ0n) is 10.7. The number of aromatic nitrogens is 1. The predicted octanol–water partition coefficient (Wildman–Crippen LogP) is 3.32. The maximum absolute atomic E-state index is 10.9. The van der Waals surface area contributed by atoms with Crippen LogP contribution in [0.2, 0.25) is 0 Å². The minimum absolute atomic E-state index is 0.0244. The van der Waals surface area contributed by atoms with Crippen LogP contribution in [0.15, 0.2) is 35.7 Å². The van der Waals surface area contributed by atoms with E-state index in [1.54, 1.807) is 35.7 Å². The minimum atomic E-state index is -1.04. The van der Waals surface area contributed by atoms with E-state index >= 15 is 0 Å². The van der Waals surface area contributed by atoms with E-state index in [4.69, 9.17) is 5.11 Å². The molecule has 0 fully saturated rings. The largest absolute Gasteiger partial charge is 0.478 e. The van der Waals surface area contributed by atoms with Gasteiger partial charge in [0.1, 0.15) is 5.01 Å². The molecule has 1 aromatic carbocycles. The summed E-state index contributed by atoms with van der Waals surface area (Å²) < 4.78 is 0. The van der Waals surface area contributed by atoms with Crippen LogP contribution in [0.25, 0.3) is 18.2 Å². The number of nitro groups is 1.